The van der Waals surface area contributed by atoms with Crippen LogP contribution in [0, 0.1) is 0 Å². The average molecular weight is 275 g/mol. The quantitative estimate of drug-likeness (QED) is 0.845. The first-order valence-electron chi connectivity index (χ1n) is 6.93. The second kappa shape index (κ2) is 5.08. The monoisotopic (exact) mass is 275 g/mol. The number of fused-ring (bicyclic) bond motifs is 1. The van der Waals surface area contributed by atoms with Crippen LogP contribution >= 0.6 is 11.8 Å². The Kier molecular flexibility index (Phi) is 3.44. The summed E-state index contributed by atoms with van der Waals surface area (Å²) >= 11 is 1.89. The standard InChI is InChI=1S/C15H21N3S/c1-11(2)17(3)13-6-4-5-12(9-13)14-10-18-7-8-19-15(18)16-14/h4-6,9,11,14H,7-8,10H2,1-3H3. The Balaban J connectivity index is 1.82. The summed E-state index contributed by atoms with van der Waals surface area (Å²) in [6.45, 7) is 6.65. The molecule has 19 heavy (non-hydrogen) atoms. The molecule has 0 bridgehead atoms. The first-order chi connectivity index (χ1) is 9.15. The lowest BCUT2D eigenvalue weighted by molar-refractivity contribution is 0.464. The zero-order valence-corrected chi connectivity index (χ0v) is 12.7. The smallest absolute Gasteiger partial charge is 0.160 e. The molecule has 1 fully saturated rings. The van der Waals surface area contributed by atoms with Crippen molar-refractivity contribution in [3.8, 4) is 0 Å². The van der Waals surface area contributed by atoms with Crippen LogP contribution in [0.5, 0.6) is 0 Å². The van der Waals surface area contributed by atoms with E-state index in [9.17, 15) is 0 Å². The molecule has 3 nitrogen and oxygen atoms in total. The van der Waals surface area contributed by atoms with Gasteiger partial charge in [-0.15, -0.1) is 0 Å². The fraction of sp³-hybridized carbons (Fsp3) is 0.533. The van der Waals surface area contributed by atoms with Gasteiger partial charge in [0.25, 0.3) is 0 Å². The Labute approximate surface area is 119 Å². The van der Waals surface area contributed by atoms with Gasteiger partial charge in [-0.25, -0.2) is 0 Å². The Morgan fingerprint density at radius 3 is 3.00 bits per heavy atom. The maximum atomic E-state index is 4.85. The third kappa shape index (κ3) is 2.46. The molecule has 0 amide bonds. The van der Waals surface area contributed by atoms with Gasteiger partial charge in [0.1, 0.15) is 0 Å². The summed E-state index contributed by atoms with van der Waals surface area (Å²) in [5.74, 6) is 1.20. The molecular formula is C15H21N3S. The van der Waals surface area contributed by atoms with E-state index in [0.717, 1.165) is 13.1 Å². The van der Waals surface area contributed by atoms with E-state index in [1.54, 1.807) is 0 Å². The van der Waals surface area contributed by atoms with Crippen molar-refractivity contribution in [2.75, 3.05) is 30.8 Å². The molecule has 0 N–H and O–H groups in total. The van der Waals surface area contributed by atoms with Crippen LogP contribution in [0.2, 0.25) is 0 Å². The highest BCUT2D eigenvalue weighted by Gasteiger charge is 2.30. The van der Waals surface area contributed by atoms with E-state index in [1.165, 1.54) is 22.2 Å². The second-order valence-corrected chi connectivity index (χ2v) is 6.58. The lowest BCUT2D eigenvalue weighted by Gasteiger charge is -2.24. The molecule has 102 valence electrons. The Bertz CT molecular complexity index is 498. The topological polar surface area (TPSA) is 18.8 Å². The van der Waals surface area contributed by atoms with Crippen molar-refractivity contribution in [1.82, 2.24) is 4.90 Å². The highest BCUT2D eigenvalue weighted by atomic mass is 32.2. The van der Waals surface area contributed by atoms with Crippen molar-refractivity contribution in [3.05, 3.63) is 29.8 Å². The number of benzene rings is 1. The van der Waals surface area contributed by atoms with Crippen molar-refractivity contribution >= 4 is 22.6 Å². The minimum absolute atomic E-state index is 0.323. The van der Waals surface area contributed by atoms with Crippen LogP contribution in [0.4, 0.5) is 5.69 Å². The van der Waals surface area contributed by atoms with Crippen molar-refractivity contribution in [1.29, 1.82) is 0 Å². The van der Waals surface area contributed by atoms with E-state index >= 15 is 0 Å². The van der Waals surface area contributed by atoms with Gasteiger partial charge in [-0.05, 0) is 31.5 Å². The van der Waals surface area contributed by atoms with E-state index in [-0.39, 0.29) is 0 Å². The molecule has 0 spiro atoms. The summed E-state index contributed by atoms with van der Waals surface area (Å²) in [4.78, 5) is 9.57. The normalized spacial score (nSPS) is 21.8. The number of aliphatic imine (C=N–C) groups is 1. The van der Waals surface area contributed by atoms with Gasteiger partial charge in [0, 0.05) is 37.6 Å². The molecule has 1 unspecified atom stereocenters. The van der Waals surface area contributed by atoms with E-state index in [1.807, 2.05) is 11.8 Å². The van der Waals surface area contributed by atoms with Gasteiger partial charge in [0.05, 0.1) is 6.04 Å². The van der Waals surface area contributed by atoms with Crippen LogP contribution < -0.4 is 4.90 Å². The number of amidine groups is 1. The number of hydrogen-bond donors (Lipinski definition) is 0. The van der Waals surface area contributed by atoms with Gasteiger partial charge in [-0.3, -0.25) is 4.99 Å². The van der Waals surface area contributed by atoms with Crippen LogP contribution in [-0.2, 0) is 0 Å². The number of thioether (sulfide) groups is 1. The maximum absolute atomic E-state index is 4.85. The van der Waals surface area contributed by atoms with Crippen molar-refractivity contribution in [3.63, 3.8) is 0 Å². The summed E-state index contributed by atoms with van der Waals surface area (Å²) in [7, 11) is 2.15. The van der Waals surface area contributed by atoms with E-state index < -0.39 is 0 Å². The fourth-order valence-corrected chi connectivity index (χ4v) is 3.58. The van der Waals surface area contributed by atoms with Gasteiger partial charge in [0.2, 0.25) is 0 Å². The first kappa shape index (κ1) is 12.9. The summed E-state index contributed by atoms with van der Waals surface area (Å²) in [5.41, 5.74) is 2.62. The third-order valence-electron chi connectivity index (χ3n) is 3.96. The predicted octanol–water partition coefficient (Wildman–Crippen LogP) is 2.99. The molecule has 1 atom stereocenters. The molecule has 1 aromatic rings. The summed E-state index contributed by atoms with van der Waals surface area (Å²) in [5, 5.41) is 1.24. The molecule has 0 radical (unpaired) electrons. The van der Waals surface area contributed by atoms with Crippen molar-refractivity contribution < 1.29 is 0 Å². The zero-order valence-electron chi connectivity index (χ0n) is 11.8. The van der Waals surface area contributed by atoms with Gasteiger partial charge in [0.15, 0.2) is 5.17 Å². The van der Waals surface area contributed by atoms with Crippen molar-refractivity contribution in [2.45, 2.75) is 25.9 Å². The largest absolute Gasteiger partial charge is 0.372 e. The Morgan fingerprint density at radius 1 is 1.42 bits per heavy atom. The van der Waals surface area contributed by atoms with Crippen LogP contribution in [0.3, 0.4) is 0 Å². The zero-order chi connectivity index (χ0) is 13.4. The predicted molar refractivity (Wildman–Crippen MR) is 84.2 cm³/mol. The highest BCUT2D eigenvalue weighted by Crippen LogP contribution is 2.33. The summed E-state index contributed by atoms with van der Waals surface area (Å²) in [6.07, 6.45) is 0. The molecule has 0 aliphatic carbocycles. The molecule has 2 aliphatic heterocycles. The van der Waals surface area contributed by atoms with Gasteiger partial charge in [-0.1, -0.05) is 23.9 Å². The number of anilines is 1. The SMILES string of the molecule is CC(C)N(C)c1cccc(C2CN3CCSC3=N2)c1. The van der Waals surface area contributed by atoms with Crippen molar-refractivity contribution in [2.24, 2.45) is 4.99 Å². The lowest BCUT2D eigenvalue weighted by Crippen LogP contribution is -2.25. The van der Waals surface area contributed by atoms with Gasteiger partial charge in [-0.2, -0.15) is 0 Å². The summed E-state index contributed by atoms with van der Waals surface area (Å²) in [6, 6.07) is 9.68. The summed E-state index contributed by atoms with van der Waals surface area (Å²) < 4.78 is 0. The fourth-order valence-electron chi connectivity index (χ4n) is 2.53. The number of rotatable bonds is 3. The molecule has 0 aromatic heterocycles. The minimum atomic E-state index is 0.323. The average Bonchev–Trinajstić information content (AvgIpc) is 2.98. The maximum Gasteiger partial charge on any atom is 0.160 e. The van der Waals surface area contributed by atoms with Crippen LogP contribution in [0.15, 0.2) is 29.3 Å². The number of nitrogens with zero attached hydrogens (tertiary/aromatic N) is 3. The van der Waals surface area contributed by atoms with E-state index in [4.69, 9.17) is 4.99 Å². The van der Waals surface area contributed by atoms with Crippen LogP contribution in [0.1, 0.15) is 25.5 Å². The van der Waals surface area contributed by atoms with E-state index in [0.29, 0.717) is 12.1 Å². The van der Waals surface area contributed by atoms with Gasteiger partial charge >= 0.3 is 0 Å². The van der Waals surface area contributed by atoms with Crippen LogP contribution in [0.25, 0.3) is 0 Å². The Morgan fingerprint density at radius 2 is 2.26 bits per heavy atom. The third-order valence-corrected chi connectivity index (χ3v) is 4.97. The molecule has 4 heteroatoms. The molecule has 1 saturated heterocycles. The molecular weight excluding hydrogens is 254 g/mol. The first-order valence-corrected chi connectivity index (χ1v) is 7.92. The van der Waals surface area contributed by atoms with Crippen LogP contribution in [-0.4, -0.2) is 42.0 Å². The molecule has 3 rings (SSSR count). The van der Waals surface area contributed by atoms with Gasteiger partial charge < -0.3 is 9.80 Å². The molecule has 1 aromatic carbocycles. The minimum Gasteiger partial charge on any atom is -0.372 e. The second-order valence-electron chi connectivity index (χ2n) is 5.52. The molecule has 0 saturated carbocycles. The lowest BCUT2D eigenvalue weighted by atomic mass is 10.1. The highest BCUT2D eigenvalue weighted by molar-refractivity contribution is 8.14. The Hall–Kier alpha value is -1.16. The van der Waals surface area contributed by atoms with E-state index in [2.05, 4.69) is 55.0 Å². The number of hydrogen-bond acceptors (Lipinski definition) is 4. The molecule has 2 aliphatic rings. The molecule has 2 heterocycles.